The van der Waals surface area contributed by atoms with E-state index in [9.17, 15) is 5.26 Å². The van der Waals surface area contributed by atoms with Gasteiger partial charge in [0.05, 0.1) is 10.6 Å². The SMILES string of the molecule is Cc1ccc(/C(Cl)=C(/C#N)c2cccs2)c(Br)c1. The highest BCUT2D eigenvalue weighted by Gasteiger charge is 2.12. The number of rotatable bonds is 2. The van der Waals surface area contributed by atoms with Crippen molar-refractivity contribution in [2.75, 3.05) is 0 Å². The summed E-state index contributed by atoms with van der Waals surface area (Å²) in [5, 5.41) is 11.7. The molecular formula is C14H9BrClNS. The average molecular weight is 339 g/mol. The van der Waals surface area contributed by atoms with E-state index in [0.717, 1.165) is 20.5 Å². The standard InChI is InChI=1S/C14H9BrClNS/c1-9-4-5-10(12(15)7-9)14(16)11(8-17)13-3-2-6-18-13/h2-7H,1H3/b14-11+. The Morgan fingerprint density at radius 2 is 2.17 bits per heavy atom. The third-order valence-electron chi connectivity index (χ3n) is 2.46. The van der Waals surface area contributed by atoms with Crippen molar-refractivity contribution in [3.63, 3.8) is 0 Å². The van der Waals surface area contributed by atoms with E-state index in [1.165, 1.54) is 11.3 Å². The molecule has 2 rings (SSSR count). The van der Waals surface area contributed by atoms with E-state index in [2.05, 4.69) is 22.0 Å². The van der Waals surface area contributed by atoms with Gasteiger partial charge in [-0.3, -0.25) is 0 Å². The normalized spacial score (nSPS) is 11.9. The van der Waals surface area contributed by atoms with Gasteiger partial charge in [0, 0.05) is 14.9 Å². The van der Waals surface area contributed by atoms with Crippen LogP contribution in [-0.2, 0) is 0 Å². The molecule has 0 saturated carbocycles. The van der Waals surface area contributed by atoms with Crippen molar-refractivity contribution in [1.29, 1.82) is 5.26 Å². The number of hydrogen-bond donors (Lipinski definition) is 0. The summed E-state index contributed by atoms with van der Waals surface area (Å²) in [6, 6.07) is 11.9. The summed E-state index contributed by atoms with van der Waals surface area (Å²) in [6.07, 6.45) is 0. The number of nitriles is 1. The third-order valence-corrected chi connectivity index (χ3v) is 4.40. The van der Waals surface area contributed by atoms with Crippen molar-refractivity contribution in [1.82, 2.24) is 0 Å². The molecule has 0 bridgehead atoms. The maximum Gasteiger partial charge on any atom is 0.102 e. The lowest BCUT2D eigenvalue weighted by Gasteiger charge is -2.06. The summed E-state index contributed by atoms with van der Waals surface area (Å²) in [5.74, 6) is 0. The molecule has 0 saturated heterocycles. The second-order valence-electron chi connectivity index (χ2n) is 3.76. The largest absolute Gasteiger partial charge is 0.192 e. The van der Waals surface area contributed by atoms with Crippen molar-refractivity contribution < 1.29 is 0 Å². The molecule has 18 heavy (non-hydrogen) atoms. The van der Waals surface area contributed by atoms with Crippen LogP contribution in [0.15, 0.2) is 40.2 Å². The maximum atomic E-state index is 9.27. The van der Waals surface area contributed by atoms with Crippen LogP contribution in [0.5, 0.6) is 0 Å². The van der Waals surface area contributed by atoms with Crippen LogP contribution >= 0.6 is 38.9 Å². The lowest BCUT2D eigenvalue weighted by molar-refractivity contribution is 1.43. The van der Waals surface area contributed by atoms with Crippen molar-refractivity contribution in [2.24, 2.45) is 0 Å². The van der Waals surface area contributed by atoms with Crippen LogP contribution < -0.4 is 0 Å². The highest BCUT2D eigenvalue weighted by molar-refractivity contribution is 9.10. The van der Waals surface area contributed by atoms with Crippen LogP contribution in [0.4, 0.5) is 0 Å². The Kier molecular flexibility index (Phi) is 4.23. The second-order valence-corrected chi connectivity index (χ2v) is 5.94. The molecule has 0 aliphatic heterocycles. The minimum atomic E-state index is 0.479. The average Bonchev–Trinajstić information content (AvgIpc) is 2.83. The molecule has 1 heterocycles. The van der Waals surface area contributed by atoms with Crippen molar-refractivity contribution >= 4 is 49.5 Å². The van der Waals surface area contributed by atoms with E-state index in [1.54, 1.807) is 0 Å². The molecule has 1 nitrogen and oxygen atoms in total. The Morgan fingerprint density at radius 1 is 1.39 bits per heavy atom. The summed E-state index contributed by atoms with van der Waals surface area (Å²) in [6.45, 7) is 2.01. The van der Waals surface area contributed by atoms with E-state index >= 15 is 0 Å². The van der Waals surface area contributed by atoms with Crippen LogP contribution in [0.25, 0.3) is 10.6 Å². The monoisotopic (exact) mass is 337 g/mol. The number of benzene rings is 1. The first-order chi connectivity index (χ1) is 8.63. The number of halogens is 2. The summed E-state index contributed by atoms with van der Waals surface area (Å²) in [5.41, 5.74) is 2.49. The molecule has 0 atom stereocenters. The Labute approximate surface area is 123 Å². The van der Waals surface area contributed by atoms with Gasteiger partial charge in [-0.05, 0) is 30.0 Å². The molecule has 0 spiro atoms. The molecule has 0 radical (unpaired) electrons. The Bertz CT molecular complexity index is 638. The van der Waals surface area contributed by atoms with Crippen LogP contribution in [0, 0.1) is 18.3 Å². The summed E-state index contributed by atoms with van der Waals surface area (Å²) in [4.78, 5) is 0.884. The molecule has 0 N–H and O–H groups in total. The van der Waals surface area contributed by atoms with Gasteiger partial charge in [-0.2, -0.15) is 5.26 Å². The lowest BCUT2D eigenvalue weighted by atomic mass is 10.1. The fourth-order valence-corrected chi connectivity index (χ4v) is 3.46. The second kappa shape index (κ2) is 5.71. The van der Waals surface area contributed by atoms with E-state index in [-0.39, 0.29) is 0 Å². The summed E-state index contributed by atoms with van der Waals surface area (Å²) in [7, 11) is 0. The van der Waals surface area contributed by atoms with Crippen molar-refractivity contribution in [3.05, 3.63) is 56.2 Å². The van der Waals surface area contributed by atoms with Crippen molar-refractivity contribution in [2.45, 2.75) is 6.92 Å². The van der Waals surface area contributed by atoms with E-state index in [0.29, 0.717) is 10.6 Å². The quantitative estimate of drug-likeness (QED) is 0.668. The van der Waals surface area contributed by atoms with Gasteiger partial charge in [-0.25, -0.2) is 0 Å². The predicted octanol–water partition coefficient (Wildman–Crippen LogP) is 5.45. The van der Waals surface area contributed by atoms with Gasteiger partial charge in [0.25, 0.3) is 0 Å². The summed E-state index contributed by atoms with van der Waals surface area (Å²) >= 11 is 11.3. The number of nitrogens with zero attached hydrogens (tertiary/aromatic N) is 1. The number of aryl methyl sites for hydroxylation is 1. The zero-order valence-electron chi connectivity index (χ0n) is 9.58. The Balaban J connectivity index is 2.58. The van der Waals surface area contributed by atoms with Gasteiger partial charge >= 0.3 is 0 Å². The van der Waals surface area contributed by atoms with E-state index in [1.807, 2.05) is 42.6 Å². The molecule has 0 aliphatic rings. The number of allylic oxidation sites excluding steroid dienone is 1. The molecule has 0 aliphatic carbocycles. The zero-order chi connectivity index (χ0) is 13.1. The molecule has 1 aromatic heterocycles. The molecule has 90 valence electrons. The third kappa shape index (κ3) is 2.67. The first kappa shape index (κ1) is 13.4. The summed E-state index contributed by atoms with van der Waals surface area (Å²) < 4.78 is 0.900. The minimum absolute atomic E-state index is 0.479. The first-order valence-electron chi connectivity index (χ1n) is 5.23. The van der Waals surface area contributed by atoms with Gasteiger partial charge in [0.1, 0.15) is 6.07 Å². The molecule has 2 aromatic rings. The maximum absolute atomic E-state index is 9.27. The van der Waals surface area contributed by atoms with Crippen LogP contribution in [0.1, 0.15) is 16.0 Å². The van der Waals surface area contributed by atoms with Crippen LogP contribution in [0.3, 0.4) is 0 Å². The molecule has 0 fully saturated rings. The highest BCUT2D eigenvalue weighted by atomic mass is 79.9. The smallest absolute Gasteiger partial charge is 0.102 e. The fourth-order valence-electron chi connectivity index (χ4n) is 1.57. The topological polar surface area (TPSA) is 23.8 Å². The van der Waals surface area contributed by atoms with Gasteiger partial charge in [-0.15, -0.1) is 11.3 Å². The number of thiophene rings is 1. The van der Waals surface area contributed by atoms with Gasteiger partial charge < -0.3 is 0 Å². The Morgan fingerprint density at radius 3 is 2.72 bits per heavy atom. The lowest BCUT2D eigenvalue weighted by Crippen LogP contribution is -1.86. The molecule has 4 heteroatoms. The molecular weight excluding hydrogens is 330 g/mol. The molecule has 0 unspecified atom stereocenters. The van der Waals surface area contributed by atoms with Gasteiger partial charge in [-0.1, -0.05) is 45.7 Å². The predicted molar refractivity (Wildman–Crippen MR) is 81.5 cm³/mol. The van der Waals surface area contributed by atoms with Gasteiger partial charge in [0.2, 0.25) is 0 Å². The Hall–Kier alpha value is -1.08. The van der Waals surface area contributed by atoms with E-state index < -0.39 is 0 Å². The van der Waals surface area contributed by atoms with E-state index in [4.69, 9.17) is 11.6 Å². The van der Waals surface area contributed by atoms with Crippen molar-refractivity contribution in [3.8, 4) is 6.07 Å². The number of hydrogen-bond acceptors (Lipinski definition) is 2. The fraction of sp³-hybridized carbons (Fsp3) is 0.0714. The minimum Gasteiger partial charge on any atom is -0.192 e. The molecule has 0 amide bonds. The first-order valence-corrected chi connectivity index (χ1v) is 7.29. The van der Waals surface area contributed by atoms with Crippen LogP contribution in [-0.4, -0.2) is 0 Å². The highest BCUT2D eigenvalue weighted by Crippen LogP contribution is 2.35. The van der Waals surface area contributed by atoms with Gasteiger partial charge in [0.15, 0.2) is 0 Å². The zero-order valence-corrected chi connectivity index (χ0v) is 12.7. The molecule has 1 aromatic carbocycles. The van der Waals surface area contributed by atoms with Crippen LogP contribution in [0.2, 0.25) is 0 Å².